The minimum Gasteiger partial charge on any atom is -0.386 e. The molecule has 1 heteroatoms. The van der Waals surface area contributed by atoms with Crippen LogP contribution in [0, 0.1) is 17.8 Å². The van der Waals surface area contributed by atoms with Crippen molar-refractivity contribution in [1.82, 2.24) is 0 Å². The van der Waals surface area contributed by atoms with Crippen LogP contribution in [0.1, 0.15) is 32.6 Å². The van der Waals surface area contributed by atoms with Gasteiger partial charge in [-0.25, -0.2) is 0 Å². The molecular weight excluding hydrogens is 148 g/mol. The van der Waals surface area contributed by atoms with E-state index in [1.807, 2.05) is 6.92 Å². The first kappa shape index (κ1) is 8.31. The number of rotatable bonds is 2. The van der Waals surface area contributed by atoms with Crippen LogP contribution in [0.25, 0.3) is 0 Å². The van der Waals surface area contributed by atoms with E-state index in [0.717, 1.165) is 11.8 Å². The van der Waals surface area contributed by atoms with Crippen LogP contribution < -0.4 is 0 Å². The Balaban J connectivity index is 2.11. The first-order chi connectivity index (χ1) is 5.63. The van der Waals surface area contributed by atoms with Crippen molar-refractivity contribution in [2.75, 3.05) is 0 Å². The second-order valence-electron chi connectivity index (χ2n) is 4.71. The van der Waals surface area contributed by atoms with Crippen LogP contribution >= 0.6 is 0 Å². The van der Waals surface area contributed by atoms with Crippen molar-refractivity contribution in [2.45, 2.75) is 38.2 Å². The third-order valence-electron chi connectivity index (χ3n) is 3.90. The molecule has 2 bridgehead atoms. The first-order valence-corrected chi connectivity index (χ1v) is 4.99. The van der Waals surface area contributed by atoms with Gasteiger partial charge < -0.3 is 5.11 Å². The van der Waals surface area contributed by atoms with Gasteiger partial charge in [0.2, 0.25) is 0 Å². The zero-order chi connectivity index (χ0) is 8.77. The summed E-state index contributed by atoms with van der Waals surface area (Å²) in [6.45, 7) is 5.62. The fourth-order valence-corrected chi connectivity index (χ4v) is 3.11. The summed E-state index contributed by atoms with van der Waals surface area (Å²) in [7, 11) is 0. The second-order valence-corrected chi connectivity index (χ2v) is 4.71. The molecule has 68 valence electrons. The van der Waals surface area contributed by atoms with Crippen LogP contribution in [0.5, 0.6) is 0 Å². The Morgan fingerprint density at radius 3 is 2.58 bits per heavy atom. The molecule has 4 unspecified atom stereocenters. The van der Waals surface area contributed by atoms with E-state index < -0.39 is 5.60 Å². The van der Waals surface area contributed by atoms with Gasteiger partial charge in [-0.2, -0.15) is 0 Å². The van der Waals surface area contributed by atoms with E-state index in [9.17, 15) is 5.11 Å². The highest BCUT2D eigenvalue weighted by molar-refractivity contribution is 5.05. The number of fused-ring (bicyclic) bond motifs is 2. The lowest BCUT2D eigenvalue weighted by Gasteiger charge is -2.33. The van der Waals surface area contributed by atoms with Crippen molar-refractivity contribution in [3.05, 3.63) is 12.7 Å². The third kappa shape index (κ3) is 1.11. The molecule has 0 spiro atoms. The maximum atomic E-state index is 10.0. The molecule has 12 heavy (non-hydrogen) atoms. The minimum absolute atomic E-state index is 0.494. The van der Waals surface area contributed by atoms with Crippen LogP contribution in [0.15, 0.2) is 12.7 Å². The van der Waals surface area contributed by atoms with Gasteiger partial charge in [-0.15, -0.1) is 6.58 Å². The zero-order valence-corrected chi connectivity index (χ0v) is 7.79. The Morgan fingerprint density at radius 2 is 2.17 bits per heavy atom. The highest BCUT2D eigenvalue weighted by atomic mass is 16.3. The maximum Gasteiger partial charge on any atom is 0.0827 e. The predicted molar refractivity (Wildman–Crippen MR) is 49.8 cm³/mol. The summed E-state index contributed by atoms with van der Waals surface area (Å²) in [5, 5.41) is 10.0. The van der Waals surface area contributed by atoms with E-state index in [-0.39, 0.29) is 0 Å². The molecule has 2 aliphatic carbocycles. The van der Waals surface area contributed by atoms with Crippen molar-refractivity contribution in [3.8, 4) is 0 Å². The summed E-state index contributed by atoms with van der Waals surface area (Å²) < 4.78 is 0. The molecule has 0 aromatic rings. The molecule has 2 saturated carbocycles. The Labute approximate surface area is 74.5 Å². The van der Waals surface area contributed by atoms with Gasteiger partial charge in [0.15, 0.2) is 0 Å². The van der Waals surface area contributed by atoms with Crippen LogP contribution in [-0.2, 0) is 0 Å². The van der Waals surface area contributed by atoms with Crippen LogP contribution in [0.2, 0.25) is 0 Å². The molecule has 1 N–H and O–H groups in total. The average Bonchev–Trinajstić information content (AvgIpc) is 2.64. The second kappa shape index (κ2) is 2.59. The summed E-state index contributed by atoms with van der Waals surface area (Å²) in [6, 6.07) is 0. The summed E-state index contributed by atoms with van der Waals surface area (Å²) in [5.74, 6) is 2.18. The molecule has 0 saturated heterocycles. The first-order valence-electron chi connectivity index (χ1n) is 4.99. The molecule has 0 aromatic carbocycles. The lowest BCUT2D eigenvalue weighted by atomic mass is 9.77. The van der Waals surface area contributed by atoms with Gasteiger partial charge >= 0.3 is 0 Å². The van der Waals surface area contributed by atoms with Gasteiger partial charge in [-0.05, 0) is 43.9 Å². The third-order valence-corrected chi connectivity index (χ3v) is 3.90. The van der Waals surface area contributed by atoms with E-state index in [1.54, 1.807) is 6.08 Å². The van der Waals surface area contributed by atoms with Crippen LogP contribution in [0.4, 0.5) is 0 Å². The average molecular weight is 166 g/mol. The summed E-state index contributed by atoms with van der Waals surface area (Å²) in [4.78, 5) is 0. The zero-order valence-electron chi connectivity index (χ0n) is 7.79. The van der Waals surface area contributed by atoms with E-state index in [0.29, 0.717) is 5.92 Å². The van der Waals surface area contributed by atoms with E-state index in [2.05, 4.69) is 6.58 Å². The highest BCUT2D eigenvalue weighted by Gasteiger charge is 2.46. The molecule has 0 heterocycles. The molecule has 0 radical (unpaired) electrons. The van der Waals surface area contributed by atoms with Gasteiger partial charge in [0.1, 0.15) is 0 Å². The molecule has 0 aromatic heterocycles. The fourth-order valence-electron chi connectivity index (χ4n) is 3.11. The van der Waals surface area contributed by atoms with E-state index >= 15 is 0 Å². The van der Waals surface area contributed by atoms with Gasteiger partial charge in [-0.1, -0.05) is 12.5 Å². The standard InChI is InChI=1S/C11H18O/c1-3-11(2,12)10-7-8-4-5-9(10)6-8/h3,8-10,12H,1,4-7H2,2H3. The lowest BCUT2D eigenvalue weighted by Crippen LogP contribution is -2.35. The van der Waals surface area contributed by atoms with Gasteiger partial charge in [0.05, 0.1) is 5.60 Å². The minimum atomic E-state index is -0.611. The van der Waals surface area contributed by atoms with Crippen molar-refractivity contribution >= 4 is 0 Å². The number of hydrogen-bond donors (Lipinski definition) is 1. The monoisotopic (exact) mass is 166 g/mol. The Bertz CT molecular complexity index is 195. The van der Waals surface area contributed by atoms with E-state index in [1.165, 1.54) is 25.7 Å². The lowest BCUT2D eigenvalue weighted by molar-refractivity contribution is 0.0191. The molecule has 2 fully saturated rings. The van der Waals surface area contributed by atoms with E-state index in [4.69, 9.17) is 0 Å². The van der Waals surface area contributed by atoms with Crippen LogP contribution in [0.3, 0.4) is 0 Å². The topological polar surface area (TPSA) is 20.2 Å². The molecule has 2 rings (SSSR count). The molecule has 1 nitrogen and oxygen atoms in total. The Hall–Kier alpha value is -0.300. The van der Waals surface area contributed by atoms with Crippen molar-refractivity contribution in [2.24, 2.45) is 17.8 Å². The fraction of sp³-hybridized carbons (Fsp3) is 0.818. The van der Waals surface area contributed by atoms with Gasteiger partial charge in [0, 0.05) is 0 Å². The predicted octanol–water partition coefficient (Wildman–Crippen LogP) is 2.36. The molecule has 4 atom stereocenters. The molecule has 0 amide bonds. The Morgan fingerprint density at radius 1 is 1.42 bits per heavy atom. The summed E-state index contributed by atoms with van der Waals surface area (Å²) >= 11 is 0. The smallest absolute Gasteiger partial charge is 0.0827 e. The van der Waals surface area contributed by atoms with Crippen molar-refractivity contribution in [1.29, 1.82) is 0 Å². The maximum absolute atomic E-state index is 10.0. The normalized spacial score (nSPS) is 44.3. The summed E-state index contributed by atoms with van der Waals surface area (Å²) in [5.41, 5.74) is -0.611. The van der Waals surface area contributed by atoms with Crippen molar-refractivity contribution in [3.63, 3.8) is 0 Å². The largest absolute Gasteiger partial charge is 0.386 e. The number of hydrogen-bond acceptors (Lipinski definition) is 1. The molecular formula is C11H18O. The highest BCUT2D eigenvalue weighted by Crippen LogP contribution is 2.52. The van der Waals surface area contributed by atoms with Gasteiger partial charge in [-0.3, -0.25) is 0 Å². The Kier molecular flexibility index (Phi) is 1.80. The van der Waals surface area contributed by atoms with Gasteiger partial charge in [0.25, 0.3) is 0 Å². The SMILES string of the molecule is C=CC(C)(O)C1CC2CCC1C2. The van der Waals surface area contributed by atoms with Crippen LogP contribution in [-0.4, -0.2) is 10.7 Å². The quantitative estimate of drug-likeness (QED) is 0.624. The van der Waals surface area contributed by atoms with Crippen molar-refractivity contribution < 1.29 is 5.11 Å². The molecule has 2 aliphatic rings. The summed E-state index contributed by atoms with van der Waals surface area (Å²) in [6.07, 6.45) is 7.03. The molecule has 0 aliphatic heterocycles. The number of aliphatic hydroxyl groups is 1.